The zero-order valence-corrected chi connectivity index (χ0v) is 22.2. The lowest BCUT2D eigenvalue weighted by atomic mass is 9.76. The van der Waals surface area contributed by atoms with Gasteiger partial charge in [-0.3, -0.25) is 4.79 Å². The molecule has 1 unspecified atom stereocenters. The van der Waals surface area contributed by atoms with Crippen molar-refractivity contribution in [1.82, 2.24) is 29.3 Å². The van der Waals surface area contributed by atoms with Gasteiger partial charge in [-0.05, 0) is 55.5 Å². The van der Waals surface area contributed by atoms with E-state index in [0.29, 0.717) is 35.8 Å². The van der Waals surface area contributed by atoms with Crippen molar-refractivity contribution in [3.05, 3.63) is 42.1 Å². The van der Waals surface area contributed by atoms with Crippen LogP contribution >= 0.6 is 0 Å². The van der Waals surface area contributed by atoms with Crippen LogP contribution in [-0.2, 0) is 13.6 Å². The molecule has 204 valence electrons. The number of hydrogen-bond acceptors (Lipinski definition) is 5. The third-order valence-corrected chi connectivity index (χ3v) is 8.92. The average molecular weight is 535 g/mol. The Labute approximate surface area is 225 Å². The number of halogens is 2. The summed E-state index contributed by atoms with van der Waals surface area (Å²) in [5.41, 5.74) is 2.50. The molecule has 8 nitrogen and oxygen atoms in total. The van der Waals surface area contributed by atoms with E-state index in [1.807, 2.05) is 23.9 Å². The minimum Gasteiger partial charge on any atom is -0.494 e. The predicted octanol–water partition coefficient (Wildman–Crippen LogP) is 4.47. The molecule has 2 saturated heterocycles. The normalized spacial score (nSPS) is 22.8. The lowest BCUT2D eigenvalue weighted by molar-refractivity contribution is -0.134. The number of nitrogens with zero attached hydrogens (tertiary/aromatic N) is 5. The van der Waals surface area contributed by atoms with Crippen LogP contribution in [0.4, 0.5) is 8.78 Å². The number of likely N-dealkylation sites (tertiary alicyclic amines) is 1. The molecule has 0 bridgehead atoms. The zero-order chi connectivity index (χ0) is 26.9. The van der Waals surface area contributed by atoms with Gasteiger partial charge in [0.25, 0.3) is 11.8 Å². The Kier molecular flexibility index (Phi) is 5.49. The highest BCUT2D eigenvalue weighted by Crippen LogP contribution is 2.48. The van der Waals surface area contributed by atoms with E-state index in [4.69, 9.17) is 9.72 Å². The van der Waals surface area contributed by atoms with E-state index in [1.54, 1.807) is 24.1 Å². The molecule has 39 heavy (non-hydrogen) atoms. The Bertz CT molecular complexity index is 1610. The first-order valence-electron chi connectivity index (χ1n) is 13.7. The summed E-state index contributed by atoms with van der Waals surface area (Å²) in [6.45, 7) is 1.75. The van der Waals surface area contributed by atoms with Gasteiger partial charge in [-0.25, -0.2) is 18.7 Å². The third-order valence-electron chi connectivity index (χ3n) is 8.92. The van der Waals surface area contributed by atoms with Gasteiger partial charge in [0.2, 0.25) is 0 Å². The minimum absolute atomic E-state index is 0.0356. The van der Waals surface area contributed by atoms with Crippen LogP contribution in [0.25, 0.3) is 33.6 Å². The van der Waals surface area contributed by atoms with Crippen molar-refractivity contribution in [1.29, 1.82) is 0 Å². The first-order chi connectivity index (χ1) is 18.8. The minimum atomic E-state index is -2.79. The first-order valence-corrected chi connectivity index (χ1v) is 13.7. The number of ether oxygens (including phenoxy) is 1. The van der Waals surface area contributed by atoms with Gasteiger partial charge in [-0.1, -0.05) is 0 Å². The molecule has 0 radical (unpaired) electrons. The maximum Gasteiger partial charge on any atom is 0.257 e. The van der Waals surface area contributed by atoms with Gasteiger partial charge >= 0.3 is 0 Å². The van der Waals surface area contributed by atoms with E-state index < -0.39 is 11.3 Å². The number of piperidine rings is 1. The Morgan fingerprint density at radius 3 is 2.85 bits per heavy atom. The summed E-state index contributed by atoms with van der Waals surface area (Å²) in [5.74, 6) is -1.13. The predicted molar refractivity (Wildman–Crippen MR) is 144 cm³/mol. The van der Waals surface area contributed by atoms with Gasteiger partial charge in [0, 0.05) is 63.3 Å². The van der Waals surface area contributed by atoms with E-state index in [2.05, 4.69) is 27.0 Å². The van der Waals surface area contributed by atoms with Crippen molar-refractivity contribution in [3.8, 4) is 17.3 Å². The van der Waals surface area contributed by atoms with Crippen LogP contribution in [0.5, 0.6) is 5.75 Å². The number of nitrogens with one attached hydrogen (secondary N) is 1. The molecular weight excluding hydrogens is 502 g/mol. The number of alkyl halides is 2. The van der Waals surface area contributed by atoms with Crippen molar-refractivity contribution in [2.45, 2.75) is 38.2 Å². The topological polar surface area (TPSA) is 77.2 Å². The smallest absolute Gasteiger partial charge is 0.257 e. The monoisotopic (exact) mass is 534 g/mol. The molecule has 2 aliphatic heterocycles. The quantitative estimate of drug-likeness (QED) is 0.409. The van der Waals surface area contributed by atoms with Crippen molar-refractivity contribution in [3.63, 3.8) is 0 Å². The number of carbonyl (C=O) groups is 1. The number of carbonyl (C=O) groups excluding carboxylic acids is 1. The van der Waals surface area contributed by atoms with E-state index in [9.17, 15) is 13.6 Å². The van der Waals surface area contributed by atoms with Crippen LogP contribution in [0, 0.1) is 11.3 Å². The highest BCUT2D eigenvalue weighted by molar-refractivity contribution is 6.00. The summed E-state index contributed by atoms with van der Waals surface area (Å²) in [6.07, 6.45) is 4.33. The molecule has 3 aromatic heterocycles. The fourth-order valence-corrected chi connectivity index (χ4v) is 6.47. The summed E-state index contributed by atoms with van der Waals surface area (Å²) in [5, 5.41) is 4.17. The number of amides is 1. The van der Waals surface area contributed by atoms with Gasteiger partial charge in [0.15, 0.2) is 5.82 Å². The lowest BCUT2D eigenvalue weighted by Crippen LogP contribution is -2.55. The fourth-order valence-electron chi connectivity index (χ4n) is 6.47. The standard InChI is InChI=1S/C29H32F2N6O2/c1-35-24-21(34-26(35)22-13-19-4-3-9-33-25(19)37(22)15-18-5-6-18)12-20(14-23(24)39-2)27(38)36-11-8-28(17-36)16-32-10-7-29(28,30)31/h3-4,9,12-14,18,32H,5-8,10-11,15-17H2,1-2H3. The van der Waals surface area contributed by atoms with Crippen molar-refractivity contribution >= 4 is 28.0 Å². The van der Waals surface area contributed by atoms with Crippen molar-refractivity contribution in [2.24, 2.45) is 18.4 Å². The number of benzene rings is 1. The maximum atomic E-state index is 14.9. The second kappa shape index (κ2) is 8.74. The summed E-state index contributed by atoms with van der Waals surface area (Å²) < 4.78 is 39.8. The molecular formula is C29H32F2N6O2. The van der Waals surface area contributed by atoms with E-state index in [0.717, 1.165) is 34.6 Å². The molecule has 10 heteroatoms. The molecule has 1 spiro atoms. The summed E-state index contributed by atoms with van der Waals surface area (Å²) >= 11 is 0. The molecule has 1 aromatic carbocycles. The first kappa shape index (κ1) is 24.5. The molecule has 3 fully saturated rings. The van der Waals surface area contributed by atoms with E-state index in [1.165, 1.54) is 12.8 Å². The largest absolute Gasteiger partial charge is 0.494 e. The molecule has 1 aliphatic carbocycles. The molecule has 5 heterocycles. The molecule has 3 aliphatic rings. The van der Waals surface area contributed by atoms with Gasteiger partial charge in [-0.2, -0.15) is 0 Å². The number of aryl methyl sites for hydroxylation is 1. The maximum absolute atomic E-state index is 14.9. The summed E-state index contributed by atoms with van der Waals surface area (Å²) in [7, 11) is 3.52. The average Bonchev–Trinajstić information content (AvgIpc) is 3.38. The molecule has 1 saturated carbocycles. The Balaban J connectivity index is 1.28. The number of imidazole rings is 1. The van der Waals surface area contributed by atoms with Crippen LogP contribution < -0.4 is 10.1 Å². The lowest BCUT2D eigenvalue weighted by Gasteiger charge is -2.41. The van der Waals surface area contributed by atoms with E-state index >= 15 is 0 Å². The Morgan fingerprint density at radius 2 is 2.08 bits per heavy atom. The second-order valence-electron chi connectivity index (χ2n) is 11.4. The zero-order valence-electron chi connectivity index (χ0n) is 22.2. The number of methoxy groups -OCH3 is 1. The van der Waals surface area contributed by atoms with Gasteiger partial charge in [-0.15, -0.1) is 0 Å². The fraction of sp³-hybridized carbons (Fsp3) is 0.483. The summed E-state index contributed by atoms with van der Waals surface area (Å²) in [4.78, 5) is 24.8. The van der Waals surface area contributed by atoms with Crippen LogP contribution in [-0.4, -0.2) is 69.1 Å². The number of hydrogen-bond donors (Lipinski definition) is 1. The summed E-state index contributed by atoms with van der Waals surface area (Å²) in [6, 6.07) is 9.58. The van der Waals surface area contributed by atoms with Gasteiger partial charge in [0.05, 0.1) is 23.7 Å². The number of aromatic nitrogens is 4. The molecule has 1 atom stereocenters. The SMILES string of the molecule is COc1cc(C(=O)N2CCC3(CNCCC3(F)F)C2)cc2nc(-c3cc4cccnc4n3CC3CC3)n(C)c12. The number of fused-ring (bicyclic) bond motifs is 2. The molecule has 4 aromatic rings. The van der Waals surface area contributed by atoms with Crippen LogP contribution in [0.2, 0.25) is 0 Å². The number of rotatable bonds is 5. The number of pyridine rings is 1. The second-order valence-corrected chi connectivity index (χ2v) is 11.4. The highest BCUT2D eigenvalue weighted by atomic mass is 19.3. The molecule has 1 amide bonds. The van der Waals surface area contributed by atoms with Gasteiger partial charge in [0.1, 0.15) is 16.9 Å². The molecule has 7 rings (SSSR count). The Morgan fingerprint density at radius 1 is 1.23 bits per heavy atom. The van der Waals surface area contributed by atoms with Crippen LogP contribution in [0.3, 0.4) is 0 Å². The highest BCUT2D eigenvalue weighted by Gasteiger charge is 2.58. The van der Waals surface area contributed by atoms with Crippen LogP contribution in [0.15, 0.2) is 36.5 Å². The Hall–Kier alpha value is -3.53. The van der Waals surface area contributed by atoms with Crippen molar-refractivity contribution in [2.75, 3.05) is 33.3 Å². The van der Waals surface area contributed by atoms with Gasteiger partial charge < -0.3 is 24.1 Å². The molecule has 1 N–H and O–H groups in total. The van der Waals surface area contributed by atoms with Crippen LogP contribution in [0.1, 0.15) is 36.0 Å². The van der Waals surface area contributed by atoms with Crippen molar-refractivity contribution < 1.29 is 18.3 Å². The third kappa shape index (κ3) is 3.83. The van der Waals surface area contributed by atoms with E-state index in [-0.39, 0.29) is 31.8 Å².